The van der Waals surface area contributed by atoms with Gasteiger partial charge in [0, 0.05) is 0 Å². The number of halogens is 2. The van der Waals surface area contributed by atoms with Gasteiger partial charge in [-0.2, -0.15) is 5.26 Å². The molecule has 1 heterocycles. The maximum atomic E-state index is 8.65. The van der Waals surface area contributed by atoms with Crippen molar-refractivity contribution in [3.8, 4) is 6.07 Å². The molecule has 11 heavy (non-hydrogen) atoms. The molecule has 1 aliphatic heterocycles. The molecule has 58 valence electrons. The zero-order chi connectivity index (χ0) is 8.48. The van der Waals surface area contributed by atoms with Crippen LogP contribution >= 0.6 is 23.2 Å². The summed E-state index contributed by atoms with van der Waals surface area (Å²) >= 11 is 11.6. The molecule has 1 N–H and O–H groups in total. The second-order valence-corrected chi connectivity index (χ2v) is 3.52. The smallest absolute Gasteiger partial charge is 0.122 e. The van der Waals surface area contributed by atoms with E-state index < -0.39 is 4.87 Å². The molecule has 1 rings (SSSR count). The second kappa shape index (κ2) is 2.77. The molecular weight excluding hydrogens is 183 g/mol. The molecule has 0 radical (unpaired) electrons. The summed E-state index contributed by atoms with van der Waals surface area (Å²) in [6, 6.07) is 1.95. The number of allylic oxidation sites excluding steroid dienone is 2. The fourth-order valence-electron chi connectivity index (χ4n) is 0.800. The largest absolute Gasteiger partial charge is 0.352 e. The van der Waals surface area contributed by atoms with Crippen LogP contribution in [0.2, 0.25) is 0 Å². The van der Waals surface area contributed by atoms with Gasteiger partial charge >= 0.3 is 0 Å². The number of dihydropyridines is 1. The predicted molar refractivity (Wildman–Crippen MR) is 45.0 cm³/mol. The maximum Gasteiger partial charge on any atom is 0.122 e. The Bertz CT molecular complexity index is 271. The van der Waals surface area contributed by atoms with Crippen LogP contribution in [-0.2, 0) is 0 Å². The van der Waals surface area contributed by atoms with Gasteiger partial charge in [0.1, 0.15) is 11.2 Å². The van der Waals surface area contributed by atoms with Gasteiger partial charge in [0.15, 0.2) is 0 Å². The fourth-order valence-corrected chi connectivity index (χ4v) is 1.35. The van der Waals surface area contributed by atoms with Crippen LogP contribution in [0, 0.1) is 11.3 Å². The molecule has 1 unspecified atom stereocenters. The summed E-state index contributed by atoms with van der Waals surface area (Å²) in [4.78, 5) is -0.767. The highest BCUT2D eigenvalue weighted by Crippen LogP contribution is 2.31. The van der Waals surface area contributed by atoms with Gasteiger partial charge in [-0.05, 0) is 19.2 Å². The molecule has 0 saturated carbocycles. The SMILES string of the molecule is CC1(Cl)C=CNC(Cl)=C1C#N. The maximum absolute atomic E-state index is 8.65. The number of nitrogens with zero attached hydrogens (tertiary/aromatic N) is 1. The van der Waals surface area contributed by atoms with Gasteiger partial charge < -0.3 is 5.32 Å². The minimum Gasteiger partial charge on any atom is -0.352 e. The first-order valence-electron chi connectivity index (χ1n) is 3.01. The van der Waals surface area contributed by atoms with Crippen LogP contribution in [0.25, 0.3) is 0 Å². The second-order valence-electron chi connectivity index (χ2n) is 2.35. The average molecular weight is 189 g/mol. The molecule has 2 nitrogen and oxygen atoms in total. The summed E-state index contributed by atoms with van der Waals surface area (Å²) < 4.78 is 0. The van der Waals surface area contributed by atoms with Crippen molar-refractivity contribution in [2.45, 2.75) is 11.8 Å². The Morgan fingerprint density at radius 3 is 2.73 bits per heavy atom. The molecule has 0 aromatic rings. The van der Waals surface area contributed by atoms with E-state index in [0.717, 1.165) is 0 Å². The van der Waals surface area contributed by atoms with E-state index >= 15 is 0 Å². The highest BCUT2D eigenvalue weighted by atomic mass is 35.5. The third-order valence-electron chi connectivity index (χ3n) is 1.43. The van der Waals surface area contributed by atoms with E-state index in [-0.39, 0.29) is 0 Å². The minimum atomic E-state index is -0.767. The monoisotopic (exact) mass is 188 g/mol. The third kappa shape index (κ3) is 1.50. The molecule has 1 atom stereocenters. The minimum absolute atomic E-state index is 0.299. The number of hydrogen-bond donors (Lipinski definition) is 1. The predicted octanol–water partition coefficient (Wildman–Crippen LogP) is 2.07. The lowest BCUT2D eigenvalue weighted by molar-refractivity contribution is 0.877. The van der Waals surface area contributed by atoms with Crippen molar-refractivity contribution in [2.24, 2.45) is 0 Å². The van der Waals surface area contributed by atoms with Crippen LogP contribution in [0.3, 0.4) is 0 Å². The Morgan fingerprint density at radius 2 is 2.36 bits per heavy atom. The first-order chi connectivity index (χ1) is 5.08. The Morgan fingerprint density at radius 1 is 1.73 bits per heavy atom. The first kappa shape index (κ1) is 8.45. The quantitative estimate of drug-likeness (QED) is 0.467. The Labute approximate surface area is 75.1 Å². The van der Waals surface area contributed by atoms with E-state index in [2.05, 4.69) is 5.32 Å². The lowest BCUT2D eigenvalue weighted by Gasteiger charge is -2.21. The van der Waals surface area contributed by atoms with Crippen molar-refractivity contribution in [3.63, 3.8) is 0 Å². The van der Waals surface area contributed by atoms with E-state index in [9.17, 15) is 0 Å². The number of hydrogen-bond acceptors (Lipinski definition) is 2. The van der Waals surface area contributed by atoms with E-state index in [1.165, 1.54) is 0 Å². The van der Waals surface area contributed by atoms with Crippen molar-refractivity contribution < 1.29 is 0 Å². The van der Waals surface area contributed by atoms with E-state index in [1.807, 2.05) is 6.07 Å². The zero-order valence-electron chi connectivity index (χ0n) is 5.86. The van der Waals surface area contributed by atoms with Gasteiger partial charge in [0.05, 0.1) is 10.4 Å². The molecule has 0 amide bonds. The lowest BCUT2D eigenvalue weighted by Crippen LogP contribution is -2.24. The van der Waals surface area contributed by atoms with Gasteiger partial charge in [-0.1, -0.05) is 11.6 Å². The van der Waals surface area contributed by atoms with Crippen molar-refractivity contribution in [1.82, 2.24) is 5.32 Å². The van der Waals surface area contributed by atoms with Crippen molar-refractivity contribution in [3.05, 3.63) is 23.0 Å². The van der Waals surface area contributed by atoms with Crippen LogP contribution in [0.1, 0.15) is 6.92 Å². The molecular formula is C7H6Cl2N2. The van der Waals surface area contributed by atoms with Gasteiger partial charge in [0.25, 0.3) is 0 Å². The Hall–Kier alpha value is -0.650. The van der Waals surface area contributed by atoms with Crippen LogP contribution in [0.5, 0.6) is 0 Å². The highest BCUT2D eigenvalue weighted by molar-refractivity contribution is 6.33. The van der Waals surface area contributed by atoms with Crippen LogP contribution in [0.15, 0.2) is 23.0 Å². The molecule has 4 heteroatoms. The zero-order valence-corrected chi connectivity index (χ0v) is 7.37. The highest BCUT2D eigenvalue weighted by Gasteiger charge is 2.28. The van der Waals surface area contributed by atoms with Gasteiger partial charge in [-0.3, -0.25) is 0 Å². The molecule has 0 spiro atoms. The lowest BCUT2D eigenvalue weighted by atomic mass is 10.0. The van der Waals surface area contributed by atoms with E-state index in [4.69, 9.17) is 28.5 Å². The molecule has 0 aromatic carbocycles. The summed E-state index contributed by atoms with van der Waals surface area (Å²) in [7, 11) is 0. The van der Waals surface area contributed by atoms with E-state index in [1.54, 1.807) is 19.2 Å². The van der Waals surface area contributed by atoms with E-state index in [0.29, 0.717) is 10.7 Å². The number of alkyl halides is 1. The standard InChI is InChI=1S/C7H6Cl2N2/c1-7(9)2-3-11-6(8)5(7)4-10/h2-3,11H,1H3. The van der Waals surface area contributed by atoms with Crippen LogP contribution in [-0.4, -0.2) is 4.87 Å². The third-order valence-corrected chi connectivity index (χ3v) is 2.04. The molecule has 0 bridgehead atoms. The number of nitriles is 1. The topological polar surface area (TPSA) is 35.8 Å². The normalized spacial score (nSPS) is 29.6. The van der Waals surface area contributed by atoms with Gasteiger partial charge in [-0.25, -0.2) is 0 Å². The molecule has 0 aromatic heterocycles. The fraction of sp³-hybridized carbons (Fsp3) is 0.286. The number of nitrogens with one attached hydrogen (secondary N) is 1. The summed E-state index contributed by atoms with van der Waals surface area (Å²) in [5.74, 6) is 0. The summed E-state index contributed by atoms with van der Waals surface area (Å²) in [5, 5.41) is 11.6. The first-order valence-corrected chi connectivity index (χ1v) is 3.77. The van der Waals surface area contributed by atoms with Crippen LogP contribution < -0.4 is 5.32 Å². The van der Waals surface area contributed by atoms with Gasteiger partial charge in [0.2, 0.25) is 0 Å². The molecule has 0 fully saturated rings. The number of rotatable bonds is 0. The summed E-state index contributed by atoms with van der Waals surface area (Å²) in [6.07, 6.45) is 3.30. The van der Waals surface area contributed by atoms with Crippen molar-refractivity contribution in [2.75, 3.05) is 0 Å². The molecule has 0 saturated heterocycles. The summed E-state index contributed by atoms with van der Waals surface area (Å²) in [6.45, 7) is 1.72. The summed E-state index contributed by atoms with van der Waals surface area (Å²) in [5.41, 5.74) is 0.350. The average Bonchev–Trinajstić information content (AvgIpc) is 1.86. The Kier molecular flexibility index (Phi) is 2.12. The molecule has 0 aliphatic carbocycles. The van der Waals surface area contributed by atoms with Gasteiger partial charge in [-0.15, -0.1) is 11.6 Å². The van der Waals surface area contributed by atoms with Crippen molar-refractivity contribution in [1.29, 1.82) is 5.26 Å². The Balaban J connectivity index is 3.10. The van der Waals surface area contributed by atoms with Crippen molar-refractivity contribution >= 4 is 23.2 Å². The van der Waals surface area contributed by atoms with Crippen LogP contribution in [0.4, 0.5) is 0 Å². The molecule has 1 aliphatic rings.